The van der Waals surface area contributed by atoms with E-state index in [1.807, 2.05) is 27.7 Å². The molecule has 4 aliphatic heterocycles. The lowest BCUT2D eigenvalue weighted by Gasteiger charge is -2.49. The van der Waals surface area contributed by atoms with E-state index < -0.39 is 167 Å². The number of carbonyl (C=O) groups is 5. The van der Waals surface area contributed by atoms with Crippen molar-refractivity contribution in [1.29, 1.82) is 0 Å². The topological polar surface area (TPSA) is 482 Å². The van der Waals surface area contributed by atoms with Gasteiger partial charge in [-0.1, -0.05) is 41.0 Å². The first-order valence-electron chi connectivity index (χ1n) is 30.3. The van der Waals surface area contributed by atoms with E-state index in [2.05, 4.69) is 33.4 Å². The van der Waals surface area contributed by atoms with Crippen molar-refractivity contribution in [1.82, 2.24) is 16.0 Å². The van der Waals surface area contributed by atoms with Crippen molar-refractivity contribution < 1.29 is 127 Å². The molecular weight excluding hydrogens is 1290 g/mol. The second-order valence-corrected chi connectivity index (χ2v) is 25.6. The highest BCUT2D eigenvalue weighted by Gasteiger charge is 2.57. The minimum atomic E-state index is -5.59. The van der Waals surface area contributed by atoms with Gasteiger partial charge in [-0.2, -0.15) is 0 Å². The van der Waals surface area contributed by atoms with Crippen LogP contribution in [0.3, 0.4) is 0 Å². The number of hydrogen-bond acceptors (Lipinski definition) is 25. The van der Waals surface area contributed by atoms with Crippen molar-refractivity contribution >= 4 is 60.5 Å². The molecule has 95 heavy (non-hydrogen) atoms. The highest BCUT2D eigenvalue weighted by molar-refractivity contribution is 7.80. The summed E-state index contributed by atoms with van der Waals surface area (Å²) in [4.78, 5) is 75.9. The molecule has 0 bridgehead atoms. The van der Waals surface area contributed by atoms with Gasteiger partial charge in [0.15, 0.2) is 35.5 Å². The molecule has 3 amide bonds. The number of primary amides is 1. The molecule has 8 unspecified atom stereocenters. The number of carboxylic acid groups (broad SMARTS) is 1. The number of phenols is 2. The summed E-state index contributed by atoms with van der Waals surface area (Å²) >= 11 is 5.49. The first-order valence-corrected chi connectivity index (χ1v) is 32.2. The fourth-order valence-corrected chi connectivity index (χ4v) is 12.7. The Morgan fingerprint density at radius 3 is 2.02 bits per heavy atom. The van der Waals surface area contributed by atoms with Crippen LogP contribution in [0.1, 0.15) is 93.8 Å². The number of rotatable bonds is 27. The number of aromatic hydroxyl groups is 2. The van der Waals surface area contributed by atoms with Gasteiger partial charge in [0.05, 0.1) is 50.2 Å². The normalized spacial score (nSPS) is 28.6. The van der Waals surface area contributed by atoms with Crippen LogP contribution in [0.2, 0.25) is 0 Å². The zero-order valence-corrected chi connectivity index (χ0v) is 53.9. The lowest BCUT2D eigenvalue weighted by Crippen LogP contribution is -2.70. The first-order chi connectivity index (χ1) is 44.9. The molecule has 1 saturated carbocycles. The van der Waals surface area contributed by atoms with Gasteiger partial charge in [0, 0.05) is 54.0 Å². The molecule has 5 aliphatic rings. The van der Waals surface area contributed by atoms with Gasteiger partial charge < -0.3 is 116 Å². The maximum Gasteiger partial charge on any atom is 0.474 e. The monoisotopic (exact) mass is 1370 g/mol. The second-order valence-electron chi connectivity index (χ2n) is 23.8. The molecular formula is C62H80N5O26PS. The van der Waals surface area contributed by atoms with E-state index in [9.17, 15) is 84.5 Å². The van der Waals surface area contributed by atoms with E-state index >= 15 is 0 Å². The zero-order valence-electron chi connectivity index (χ0n) is 52.2. The number of carbonyl (C=O) groups excluding carboxylic acids is 4. The van der Waals surface area contributed by atoms with Crippen molar-refractivity contribution in [2.24, 2.45) is 11.7 Å². The number of nitrogens with one attached hydrogen (secondary N) is 4. The number of aliphatic hydroxyl groups excluding tert-OH is 7. The molecule has 17 atom stereocenters. The standard InChI is InChI=1S/C62H80N5O26PS/c1-28(2)8-6-9-29(3)10-7-11-30(4)18-19-85-44(57(80)81)27-86-94(83,84)93-60-55(52(78)51(77)54(90-60)56(63)79)91-59-47(65-31(5)70)50(76)53(43(26-69)89-59)88-42-20-32(25-68)48(74)49(75)46(42)67-45(73)24-64-61(95)66-33-12-15-37-36(21-33)58(82)92-62(37)38-16-13-34(71)22-40(38)87-41-23-35(72)14-17-39(41)62/h8,10,12-18,21-23,32,42-44,46-55,59-60,68-69,71-72,74-78H,6-7,9,11,19-20,24-27H2,1-5H3,(H2,63,79)(H,65,70)(H,67,73)(H,80,81)(H,83,84)(H2,64,66,95)/b29-10+,30-18-/t32?,42-,43?,44-,46?,47+,48+,49?,50?,51-,52+,53-,54?,55?,59+,60-/m1/s1. The number of esters is 1. The minimum absolute atomic E-state index is 0.107. The lowest BCUT2D eigenvalue weighted by molar-refractivity contribution is -0.345. The van der Waals surface area contributed by atoms with Crippen LogP contribution in [0, 0.1) is 5.92 Å². The van der Waals surface area contributed by atoms with E-state index in [0.29, 0.717) is 29.5 Å². The number of phosphoric ester groups is 1. The van der Waals surface area contributed by atoms with Crippen molar-refractivity contribution in [2.75, 3.05) is 38.3 Å². The number of fused-ring (bicyclic) bond motifs is 6. The number of aliphatic carboxylic acids is 1. The second kappa shape index (κ2) is 31.9. The van der Waals surface area contributed by atoms with Crippen LogP contribution in [-0.4, -0.2) is 216 Å². The third-order valence-electron chi connectivity index (χ3n) is 16.6. The summed E-state index contributed by atoms with van der Waals surface area (Å²) in [7, 11) is -5.59. The number of ether oxygens (including phenoxy) is 7. The number of anilines is 1. The molecule has 1 spiro atoms. The van der Waals surface area contributed by atoms with Crippen molar-refractivity contribution in [3.8, 4) is 23.0 Å². The number of phosphoric acid groups is 1. The Morgan fingerprint density at radius 1 is 0.768 bits per heavy atom. The number of phenolic OH excluding ortho intramolecular Hbond substituents is 2. The molecule has 3 aromatic carbocycles. The molecule has 17 N–H and O–H groups in total. The number of carboxylic acids is 1. The third-order valence-corrected chi connectivity index (χ3v) is 17.8. The van der Waals surface area contributed by atoms with Crippen LogP contribution in [0.15, 0.2) is 89.5 Å². The summed E-state index contributed by atoms with van der Waals surface area (Å²) in [6, 6.07) is 9.82. The lowest BCUT2D eigenvalue weighted by atomic mass is 9.77. The number of hydrogen-bond donors (Lipinski definition) is 16. The summed E-state index contributed by atoms with van der Waals surface area (Å²) in [6.07, 6.45) is -17.3. The molecule has 4 heterocycles. The number of nitrogens with two attached hydrogens (primary N) is 1. The van der Waals surface area contributed by atoms with Crippen LogP contribution >= 0.6 is 20.0 Å². The quantitative estimate of drug-likeness (QED) is 0.0218. The summed E-state index contributed by atoms with van der Waals surface area (Å²) in [5.74, 6) is -6.55. The van der Waals surface area contributed by atoms with E-state index in [-0.39, 0.29) is 52.4 Å². The van der Waals surface area contributed by atoms with Gasteiger partial charge in [0.1, 0.15) is 71.8 Å². The molecule has 520 valence electrons. The number of benzene rings is 3. The van der Waals surface area contributed by atoms with E-state index in [0.717, 1.165) is 25.3 Å². The molecule has 31 nitrogen and oxygen atoms in total. The third kappa shape index (κ3) is 17.6. The smallest absolute Gasteiger partial charge is 0.474 e. The van der Waals surface area contributed by atoms with Gasteiger partial charge in [-0.25, -0.2) is 14.2 Å². The van der Waals surface area contributed by atoms with Crippen LogP contribution in [0.4, 0.5) is 5.69 Å². The molecule has 33 heteroatoms. The number of amides is 3. The fourth-order valence-electron chi connectivity index (χ4n) is 11.7. The Bertz CT molecular complexity index is 3410. The van der Waals surface area contributed by atoms with Crippen LogP contribution in [0.5, 0.6) is 23.0 Å². The Balaban J connectivity index is 0.922. The van der Waals surface area contributed by atoms with Crippen LogP contribution in [-0.2, 0) is 66.8 Å². The van der Waals surface area contributed by atoms with Gasteiger partial charge >= 0.3 is 19.8 Å². The number of aliphatic hydroxyl groups is 7. The predicted molar refractivity (Wildman–Crippen MR) is 334 cm³/mol. The highest BCUT2D eigenvalue weighted by Crippen LogP contribution is 2.57. The summed E-state index contributed by atoms with van der Waals surface area (Å²) in [6.45, 7) is 5.14. The van der Waals surface area contributed by atoms with Gasteiger partial charge in [-0.05, 0) is 108 Å². The summed E-state index contributed by atoms with van der Waals surface area (Å²) in [5.41, 5.74) is 8.69. The summed E-state index contributed by atoms with van der Waals surface area (Å²) in [5, 5.41) is 119. The van der Waals surface area contributed by atoms with Gasteiger partial charge in [-0.3, -0.25) is 23.4 Å². The van der Waals surface area contributed by atoms with E-state index in [1.165, 1.54) is 41.5 Å². The van der Waals surface area contributed by atoms with Crippen LogP contribution in [0.25, 0.3) is 0 Å². The van der Waals surface area contributed by atoms with Gasteiger partial charge in [0.2, 0.25) is 17.7 Å². The Morgan fingerprint density at radius 2 is 1.41 bits per heavy atom. The SMILES string of the molecule is CC(=O)N[C@H]1C(O)[C@H](O[C@@H]2CC(CO)[C@H](O)C(O)C2NC(=O)CNC(=S)Nc2ccc3c(c2)C(=O)OC32c3ccc(O)cc3Oc3cc(O)ccc32)C(CO)O[C@H]1OC1[C@@H](OP(=O)(O)OC[C@@H](OC/C=C(/C)CC/C=C(\C)CCC=C(C)C)C(=O)O)OC(C(N)=O)[C@H](O)[C@@H]1O. The summed E-state index contributed by atoms with van der Waals surface area (Å²) < 4.78 is 65.0. The molecule has 0 aromatic heterocycles. The van der Waals surface area contributed by atoms with Gasteiger partial charge in [0.25, 0.3) is 0 Å². The number of thiocarbonyl (C=S) groups is 1. The Labute approximate surface area is 550 Å². The average molecular weight is 1370 g/mol. The van der Waals surface area contributed by atoms with Crippen molar-refractivity contribution in [3.63, 3.8) is 0 Å². The van der Waals surface area contributed by atoms with E-state index in [4.69, 9.17) is 60.2 Å². The zero-order chi connectivity index (χ0) is 69.4. The van der Waals surface area contributed by atoms with Gasteiger partial charge in [-0.15, -0.1) is 0 Å². The van der Waals surface area contributed by atoms with Crippen LogP contribution < -0.4 is 31.7 Å². The van der Waals surface area contributed by atoms with E-state index in [1.54, 1.807) is 30.3 Å². The fraction of sp³-hybridized carbons (Fsp3) is 0.516. The largest absolute Gasteiger partial charge is 0.508 e. The number of allylic oxidation sites excluding steroid dienone is 5. The molecule has 2 saturated heterocycles. The Kier molecular flexibility index (Phi) is 24.7. The molecule has 0 radical (unpaired) electrons. The maximum absolute atomic E-state index is 13.8. The minimum Gasteiger partial charge on any atom is -0.508 e. The van der Waals surface area contributed by atoms with Crippen molar-refractivity contribution in [3.05, 3.63) is 112 Å². The molecule has 1 aliphatic carbocycles. The molecule has 3 aromatic rings. The molecule has 3 fully saturated rings. The average Bonchev–Trinajstić information content (AvgIpc) is 1.60. The Hall–Kier alpha value is -7.05. The molecule has 8 rings (SSSR count). The maximum atomic E-state index is 13.8. The highest BCUT2D eigenvalue weighted by atomic mass is 32.1. The first kappa shape index (κ1) is 73.8. The van der Waals surface area contributed by atoms with Crippen molar-refractivity contribution in [2.45, 2.75) is 164 Å². The predicted octanol–water partition coefficient (Wildman–Crippen LogP) is 0.847.